The SMILES string of the molecule is O=C1[C@H]2CCCC[C@H]2C(=O)N1c1ccc2nc(SCc3ccc(Br)cc3Br)sc2c1. The molecule has 1 aliphatic carbocycles. The largest absolute Gasteiger partial charge is 0.274 e. The number of imide groups is 1. The maximum Gasteiger partial charge on any atom is 0.237 e. The Bertz CT molecular complexity index is 1140. The van der Waals surface area contributed by atoms with E-state index < -0.39 is 0 Å². The van der Waals surface area contributed by atoms with Gasteiger partial charge >= 0.3 is 0 Å². The number of nitrogens with zero attached hydrogens (tertiary/aromatic N) is 2. The summed E-state index contributed by atoms with van der Waals surface area (Å²) in [5.74, 6) is 0.511. The molecule has 0 spiro atoms. The first-order valence-electron chi connectivity index (χ1n) is 9.86. The molecule has 0 N–H and O–H groups in total. The molecule has 1 aliphatic heterocycles. The Balaban J connectivity index is 1.38. The van der Waals surface area contributed by atoms with Crippen LogP contribution in [0.3, 0.4) is 0 Å². The summed E-state index contributed by atoms with van der Waals surface area (Å²) >= 11 is 10.4. The van der Waals surface area contributed by atoms with Crippen LogP contribution in [0, 0.1) is 11.8 Å². The van der Waals surface area contributed by atoms with Crippen molar-refractivity contribution in [3.8, 4) is 0 Å². The fraction of sp³-hybridized carbons (Fsp3) is 0.318. The standard InChI is InChI=1S/C22H18Br2N2O2S2/c23-13-6-5-12(17(24)9-13)11-29-22-25-18-8-7-14(10-19(18)30-22)26-20(27)15-3-1-2-4-16(15)21(26)28/h5-10,15-16H,1-4,11H2/t15-,16+. The van der Waals surface area contributed by atoms with Gasteiger partial charge in [-0.05, 0) is 48.7 Å². The van der Waals surface area contributed by atoms with Gasteiger partial charge < -0.3 is 0 Å². The Labute approximate surface area is 199 Å². The molecule has 154 valence electrons. The van der Waals surface area contributed by atoms with E-state index in [1.54, 1.807) is 23.1 Å². The number of thioether (sulfide) groups is 1. The third-order valence-electron chi connectivity index (χ3n) is 5.82. The van der Waals surface area contributed by atoms with E-state index in [2.05, 4.69) is 37.9 Å². The van der Waals surface area contributed by atoms with E-state index in [1.165, 1.54) is 10.5 Å². The number of aromatic nitrogens is 1. The molecule has 2 fully saturated rings. The number of benzene rings is 2. The molecule has 0 radical (unpaired) electrons. The number of fused-ring (bicyclic) bond motifs is 2. The quantitative estimate of drug-likeness (QED) is 0.258. The maximum absolute atomic E-state index is 12.9. The van der Waals surface area contributed by atoms with Gasteiger partial charge in [0.15, 0.2) is 4.34 Å². The molecule has 2 amide bonds. The van der Waals surface area contributed by atoms with Gasteiger partial charge in [-0.3, -0.25) is 14.5 Å². The van der Waals surface area contributed by atoms with Crippen molar-refractivity contribution in [1.29, 1.82) is 0 Å². The van der Waals surface area contributed by atoms with Crippen molar-refractivity contribution in [1.82, 2.24) is 4.98 Å². The molecule has 0 bridgehead atoms. The Hall–Kier alpha value is -1.22. The monoisotopic (exact) mass is 564 g/mol. The second-order valence-electron chi connectivity index (χ2n) is 7.67. The second kappa shape index (κ2) is 8.37. The highest BCUT2D eigenvalue weighted by molar-refractivity contribution is 9.11. The van der Waals surface area contributed by atoms with Crippen LogP contribution >= 0.6 is 55.0 Å². The summed E-state index contributed by atoms with van der Waals surface area (Å²) in [5, 5.41) is 0. The molecule has 5 rings (SSSR count). The molecule has 4 nitrogen and oxygen atoms in total. The van der Waals surface area contributed by atoms with Crippen molar-refractivity contribution >= 4 is 82.7 Å². The summed E-state index contributed by atoms with van der Waals surface area (Å²) in [7, 11) is 0. The zero-order valence-electron chi connectivity index (χ0n) is 15.9. The van der Waals surface area contributed by atoms with E-state index in [0.717, 1.165) is 54.9 Å². The molecule has 0 unspecified atom stereocenters. The third-order valence-corrected chi connectivity index (χ3v) is 9.26. The van der Waals surface area contributed by atoms with Crippen LogP contribution < -0.4 is 4.90 Å². The first-order chi connectivity index (χ1) is 14.5. The lowest BCUT2D eigenvalue weighted by Crippen LogP contribution is -2.30. The van der Waals surface area contributed by atoms with E-state index >= 15 is 0 Å². The fourth-order valence-corrected chi connectivity index (χ4v) is 7.77. The predicted octanol–water partition coefficient (Wildman–Crippen LogP) is 6.79. The van der Waals surface area contributed by atoms with Gasteiger partial charge in [-0.1, -0.05) is 62.5 Å². The third kappa shape index (κ3) is 3.76. The number of halogens is 2. The molecule has 30 heavy (non-hydrogen) atoms. The minimum Gasteiger partial charge on any atom is -0.274 e. The highest BCUT2D eigenvalue weighted by atomic mass is 79.9. The Morgan fingerprint density at radius 2 is 1.77 bits per heavy atom. The molecular formula is C22H18Br2N2O2S2. The molecule has 2 heterocycles. The lowest BCUT2D eigenvalue weighted by molar-refractivity contribution is -0.122. The van der Waals surface area contributed by atoms with Crippen molar-refractivity contribution in [3.63, 3.8) is 0 Å². The van der Waals surface area contributed by atoms with Crippen LogP contribution in [0.1, 0.15) is 31.2 Å². The molecule has 3 aromatic rings. The lowest BCUT2D eigenvalue weighted by Gasteiger charge is -2.19. The number of rotatable bonds is 4. The van der Waals surface area contributed by atoms with Gasteiger partial charge in [0.2, 0.25) is 11.8 Å². The number of carbonyl (C=O) groups is 2. The van der Waals surface area contributed by atoms with Crippen LogP contribution in [-0.2, 0) is 15.3 Å². The van der Waals surface area contributed by atoms with Gasteiger partial charge in [-0.25, -0.2) is 4.98 Å². The Morgan fingerprint density at radius 1 is 1.03 bits per heavy atom. The number of amides is 2. The molecule has 2 aliphatic rings. The van der Waals surface area contributed by atoms with Gasteiger partial charge in [0.05, 0.1) is 27.7 Å². The normalized spacial score (nSPS) is 21.5. The lowest BCUT2D eigenvalue weighted by atomic mass is 9.81. The minimum atomic E-state index is -0.126. The van der Waals surface area contributed by atoms with Crippen LogP contribution in [0.4, 0.5) is 5.69 Å². The minimum absolute atomic E-state index is 0.0248. The average Bonchev–Trinajstić information content (AvgIpc) is 3.25. The fourth-order valence-electron chi connectivity index (χ4n) is 4.29. The van der Waals surface area contributed by atoms with E-state index in [9.17, 15) is 9.59 Å². The number of thiazole rings is 1. The van der Waals surface area contributed by atoms with E-state index in [1.807, 2.05) is 30.3 Å². The van der Waals surface area contributed by atoms with Crippen molar-refractivity contribution in [3.05, 3.63) is 50.9 Å². The van der Waals surface area contributed by atoms with Gasteiger partial charge in [0.25, 0.3) is 0 Å². The van der Waals surface area contributed by atoms with Gasteiger partial charge in [-0.15, -0.1) is 11.3 Å². The first kappa shape index (κ1) is 20.7. The Kier molecular flexibility index (Phi) is 5.77. The van der Waals surface area contributed by atoms with Crippen LogP contribution in [-0.4, -0.2) is 16.8 Å². The predicted molar refractivity (Wildman–Crippen MR) is 129 cm³/mol. The summed E-state index contributed by atoms with van der Waals surface area (Å²) in [6, 6.07) is 11.9. The maximum atomic E-state index is 12.9. The molecule has 1 aromatic heterocycles. The van der Waals surface area contributed by atoms with Crippen molar-refractivity contribution < 1.29 is 9.59 Å². The second-order valence-corrected chi connectivity index (χ2v) is 11.7. The number of hydrogen-bond acceptors (Lipinski definition) is 5. The first-order valence-corrected chi connectivity index (χ1v) is 13.3. The molecule has 2 atom stereocenters. The number of hydrogen-bond donors (Lipinski definition) is 0. The van der Waals surface area contributed by atoms with Crippen LogP contribution in [0.2, 0.25) is 0 Å². The number of carbonyl (C=O) groups excluding carboxylic acids is 2. The van der Waals surface area contributed by atoms with Crippen molar-refractivity contribution in [2.24, 2.45) is 11.8 Å². The van der Waals surface area contributed by atoms with Crippen molar-refractivity contribution in [2.75, 3.05) is 4.90 Å². The molecule has 8 heteroatoms. The van der Waals surface area contributed by atoms with Crippen molar-refractivity contribution in [2.45, 2.75) is 35.8 Å². The topological polar surface area (TPSA) is 50.3 Å². The van der Waals surface area contributed by atoms with Crippen LogP contribution in [0.25, 0.3) is 10.2 Å². The van der Waals surface area contributed by atoms with E-state index in [4.69, 9.17) is 4.98 Å². The summed E-state index contributed by atoms with van der Waals surface area (Å²) in [4.78, 5) is 31.9. The van der Waals surface area contributed by atoms with Gasteiger partial charge in [0.1, 0.15) is 0 Å². The summed E-state index contributed by atoms with van der Waals surface area (Å²) in [6.45, 7) is 0. The van der Waals surface area contributed by atoms with E-state index in [0.29, 0.717) is 5.69 Å². The highest BCUT2D eigenvalue weighted by Gasteiger charge is 2.48. The van der Waals surface area contributed by atoms with Crippen LogP contribution in [0.5, 0.6) is 0 Å². The molecule has 2 aromatic carbocycles. The zero-order chi connectivity index (χ0) is 20.8. The average molecular weight is 566 g/mol. The Morgan fingerprint density at radius 3 is 2.47 bits per heavy atom. The number of anilines is 1. The van der Waals surface area contributed by atoms with Crippen LogP contribution in [0.15, 0.2) is 49.7 Å². The summed E-state index contributed by atoms with van der Waals surface area (Å²) in [6.07, 6.45) is 3.75. The summed E-state index contributed by atoms with van der Waals surface area (Å²) in [5.41, 5.74) is 2.79. The highest BCUT2D eigenvalue weighted by Crippen LogP contribution is 2.41. The molecule has 1 saturated carbocycles. The summed E-state index contributed by atoms with van der Waals surface area (Å²) < 4.78 is 4.09. The molecular weight excluding hydrogens is 548 g/mol. The molecule has 1 saturated heterocycles. The van der Waals surface area contributed by atoms with Gasteiger partial charge in [0, 0.05) is 14.7 Å². The van der Waals surface area contributed by atoms with E-state index in [-0.39, 0.29) is 23.7 Å². The zero-order valence-corrected chi connectivity index (χ0v) is 20.7. The van der Waals surface area contributed by atoms with Gasteiger partial charge in [-0.2, -0.15) is 0 Å². The smallest absolute Gasteiger partial charge is 0.237 e.